The van der Waals surface area contributed by atoms with Gasteiger partial charge in [0, 0.05) is 7.11 Å². The molecule has 0 aromatic carbocycles. The minimum absolute atomic E-state index is 0.285. The minimum atomic E-state index is -0.819. The Morgan fingerprint density at radius 3 is 1.92 bits per heavy atom. The normalized spacial score (nSPS) is 24.1. The topological polar surface area (TPSA) is 46.5 Å². The van der Waals surface area contributed by atoms with E-state index in [2.05, 4.69) is 0 Å². The van der Waals surface area contributed by atoms with Crippen molar-refractivity contribution >= 4 is 5.97 Å². The molecule has 0 atom stereocenters. The molecule has 1 N–H and O–H groups in total. The van der Waals surface area contributed by atoms with Gasteiger partial charge in [-0.15, -0.1) is 0 Å². The standard InChI is InChI=1S/C9H14O3/c1-12-9(8(10)11,6-2-3-6)7-4-5-7/h6-7H,2-5H2,1H3,(H,10,11). The predicted molar refractivity (Wildman–Crippen MR) is 42.8 cm³/mol. The van der Waals surface area contributed by atoms with Crippen molar-refractivity contribution in [3.63, 3.8) is 0 Å². The predicted octanol–water partition coefficient (Wildman–Crippen LogP) is 1.28. The van der Waals surface area contributed by atoms with Crippen LogP contribution in [0.4, 0.5) is 0 Å². The largest absolute Gasteiger partial charge is 0.479 e. The van der Waals surface area contributed by atoms with Crippen molar-refractivity contribution in [2.75, 3.05) is 7.11 Å². The molecule has 2 fully saturated rings. The molecule has 2 aliphatic carbocycles. The van der Waals surface area contributed by atoms with Crippen LogP contribution in [0.3, 0.4) is 0 Å². The number of hydrogen-bond donors (Lipinski definition) is 1. The Morgan fingerprint density at radius 2 is 1.75 bits per heavy atom. The first-order valence-corrected chi connectivity index (χ1v) is 4.50. The highest BCUT2D eigenvalue weighted by Gasteiger charge is 2.60. The first-order valence-electron chi connectivity index (χ1n) is 4.50. The number of carboxylic acids is 1. The van der Waals surface area contributed by atoms with Crippen LogP contribution in [0.2, 0.25) is 0 Å². The molecule has 0 spiro atoms. The first-order chi connectivity index (χ1) is 5.71. The van der Waals surface area contributed by atoms with Gasteiger partial charge in [-0.1, -0.05) is 0 Å². The van der Waals surface area contributed by atoms with E-state index < -0.39 is 11.6 Å². The molecule has 0 aromatic rings. The van der Waals surface area contributed by atoms with Crippen LogP contribution < -0.4 is 0 Å². The number of ether oxygens (including phenoxy) is 1. The van der Waals surface area contributed by atoms with Crippen molar-refractivity contribution in [2.45, 2.75) is 31.3 Å². The summed E-state index contributed by atoms with van der Waals surface area (Å²) in [5.41, 5.74) is -0.819. The number of aliphatic carboxylic acids is 1. The Bertz CT molecular complexity index is 192. The maximum Gasteiger partial charge on any atom is 0.336 e. The Kier molecular flexibility index (Phi) is 1.65. The highest BCUT2D eigenvalue weighted by atomic mass is 16.5. The molecule has 2 aliphatic rings. The van der Waals surface area contributed by atoms with Crippen LogP contribution in [0.15, 0.2) is 0 Å². The Morgan fingerprint density at radius 1 is 1.33 bits per heavy atom. The van der Waals surface area contributed by atoms with E-state index in [9.17, 15) is 4.79 Å². The van der Waals surface area contributed by atoms with Gasteiger partial charge < -0.3 is 9.84 Å². The van der Waals surface area contributed by atoms with Crippen LogP contribution in [-0.2, 0) is 9.53 Å². The van der Waals surface area contributed by atoms with Crippen molar-refractivity contribution in [1.82, 2.24) is 0 Å². The average molecular weight is 170 g/mol. The summed E-state index contributed by atoms with van der Waals surface area (Å²) in [6, 6.07) is 0. The fourth-order valence-corrected chi connectivity index (χ4v) is 2.13. The molecular formula is C9H14O3. The van der Waals surface area contributed by atoms with E-state index in [0.717, 1.165) is 25.7 Å². The molecule has 0 bridgehead atoms. The van der Waals surface area contributed by atoms with E-state index >= 15 is 0 Å². The maximum absolute atomic E-state index is 11.1. The van der Waals surface area contributed by atoms with Gasteiger partial charge in [-0.25, -0.2) is 4.79 Å². The fourth-order valence-electron chi connectivity index (χ4n) is 2.13. The monoisotopic (exact) mass is 170 g/mol. The number of methoxy groups -OCH3 is 1. The minimum Gasteiger partial charge on any atom is -0.479 e. The van der Waals surface area contributed by atoms with Crippen molar-refractivity contribution < 1.29 is 14.6 Å². The molecule has 68 valence electrons. The van der Waals surface area contributed by atoms with E-state index in [1.807, 2.05) is 0 Å². The lowest BCUT2D eigenvalue weighted by Crippen LogP contribution is -2.45. The van der Waals surface area contributed by atoms with Crippen LogP contribution in [0.1, 0.15) is 25.7 Å². The summed E-state index contributed by atoms with van der Waals surface area (Å²) in [4.78, 5) is 11.1. The summed E-state index contributed by atoms with van der Waals surface area (Å²) in [6.45, 7) is 0. The quantitative estimate of drug-likeness (QED) is 0.691. The van der Waals surface area contributed by atoms with Gasteiger partial charge in [0.05, 0.1) is 0 Å². The maximum atomic E-state index is 11.1. The number of carboxylic acid groups (broad SMARTS) is 1. The smallest absolute Gasteiger partial charge is 0.336 e. The molecule has 12 heavy (non-hydrogen) atoms. The third-order valence-corrected chi connectivity index (χ3v) is 3.04. The molecule has 3 nitrogen and oxygen atoms in total. The lowest BCUT2D eigenvalue weighted by atomic mass is 9.92. The Balaban J connectivity index is 2.21. The second kappa shape index (κ2) is 2.46. The van der Waals surface area contributed by atoms with Gasteiger partial charge in [-0.05, 0) is 37.5 Å². The SMILES string of the molecule is COC(C(=O)O)(C1CC1)C1CC1. The van der Waals surface area contributed by atoms with E-state index in [1.54, 1.807) is 0 Å². The first kappa shape index (κ1) is 8.05. The molecular weight excluding hydrogens is 156 g/mol. The zero-order valence-electron chi connectivity index (χ0n) is 7.25. The second-order valence-electron chi connectivity index (χ2n) is 3.85. The highest BCUT2D eigenvalue weighted by molar-refractivity contribution is 5.79. The summed E-state index contributed by atoms with van der Waals surface area (Å²) in [6.07, 6.45) is 4.10. The molecule has 0 aliphatic heterocycles. The molecule has 0 unspecified atom stereocenters. The van der Waals surface area contributed by atoms with E-state index in [1.165, 1.54) is 7.11 Å². The Labute approximate surface area is 71.7 Å². The van der Waals surface area contributed by atoms with Crippen LogP contribution in [0.5, 0.6) is 0 Å². The van der Waals surface area contributed by atoms with E-state index in [-0.39, 0.29) is 11.8 Å². The lowest BCUT2D eigenvalue weighted by Gasteiger charge is -2.27. The second-order valence-corrected chi connectivity index (χ2v) is 3.85. The van der Waals surface area contributed by atoms with Gasteiger partial charge in [-0.3, -0.25) is 0 Å². The summed E-state index contributed by atoms with van der Waals surface area (Å²) in [5, 5.41) is 9.12. The highest BCUT2D eigenvalue weighted by Crippen LogP contribution is 2.53. The molecule has 0 radical (unpaired) electrons. The zero-order chi connectivity index (χ0) is 8.77. The summed E-state index contributed by atoms with van der Waals surface area (Å²) >= 11 is 0. The van der Waals surface area contributed by atoms with E-state index in [4.69, 9.17) is 9.84 Å². The van der Waals surface area contributed by atoms with Gasteiger partial charge in [0.2, 0.25) is 0 Å². The van der Waals surface area contributed by atoms with Gasteiger partial charge in [0.25, 0.3) is 0 Å². The number of rotatable bonds is 4. The summed E-state index contributed by atoms with van der Waals surface area (Å²) in [7, 11) is 1.53. The van der Waals surface area contributed by atoms with Gasteiger partial charge in [0.15, 0.2) is 5.60 Å². The average Bonchev–Trinajstić information content (AvgIpc) is 2.84. The zero-order valence-corrected chi connectivity index (χ0v) is 7.25. The lowest BCUT2D eigenvalue weighted by molar-refractivity contribution is -0.168. The van der Waals surface area contributed by atoms with Crippen LogP contribution in [0, 0.1) is 11.8 Å². The Hall–Kier alpha value is -0.570. The fraction of sp³-hybridized carbons (Fsp3) is 0.889. The molecule has 0 saturated heterocycles. The van der Waals surface area contributed by atoms with Crippen LogP contribution >= 0.6 is 0 Å². The van der Waals surface area contributed by atoms with Crippen molar-refractivity contribution in [2.24, 2.45) is 11.8 Å². The summed E-state index contributed by atoms with van der Waals surface area (Å²) in [5.74, 6) is -0.185. The van der Waals surface area contributed by atoms with Crippen molar-refractivity contribution in [3.8, 4) is 0 Å². The van der Waals surface area contributed by atoms with Crippen LogP contribution in [0.25, 0.3) is 0 Å². The number of hydrogen-bond acceptors (Lipinski definition) is 2. The third kappa shape index (κ3) is 0.959. The molecule has 2 rings (SSSR count). The molecule has 0 aromatic heterocycles. The van der Waals surface area contributed by atoms with Crippen LogP contribution in [-0.4, -0.2) is 23.8 Å². The molecule has 0 heterocycles. The van der Waals surface area contributed by atoms with Crippen molar-refractivity contribution in [3.05, 3.63) is 0 Å². The van der Waals surface area contributed by atoms with Crippen molar-refractivity contribution in [1.29, 1.82) is 0 Å². The van der Waals surface area contributed by atoms with Gasteiger partial charge in [0.1, 0.15) is 0 Å². The molecule has 0 amide bonds. The summed E-state index contributed by atoms with van der Waals surface area (Å²) < 4.78 is 5.25. The third-order valence-electron chi connectivity index (χ3n) is 3.04. The number of carbonyl (C=O) groups is 1. The molecule has 3 heteroatoms. The van der Waals surface area contributed by atoms with Gasteiger partial charge >= 0.3 is 5.97 Å². The molecule has 2 saturated carbocycles. The van der Waals surface area contributed by atoms with Gasteiger partial charge in [-0.2, -0.15) is 0 Å². The van der Waals surface area contributed by atoms with E-state index in [0.29, 0.717) is 0 Å².